The molecule has 0 atom stereocenters. The summed E-state index contributed by atoms with van der Waals surface area (Å²) in [6.45, 7) is 5.16. The molecule has 0 aliphatic carbocycles. The lowest BCUT2D eigenvalue weighted by molar-refractivity contribution is 0.220. The molecule has 0 bridgehead atoms. The molecule has 4 heteroatoms. The van der Waals surface area contributed by atoms with Gasteiger partial charge in [-0.1, -0.05) is 25.4 Å². The van der Waals surface area contributed by atoms with E-state index >= 15 is 0 Å². The van der Waals surface area contributed by atoms with Crippen molar-refractivity contribution in [2.75, 3.05) is 24.2 Å². The standard InChI is InChI=1S/C12H19ClN2O/c1-12(2,5-6-16)8-15-11-4-3-9(13)7-10(11)14/h3-4,7,15-16H,5-6,8,14H2,1-2H3. The fourth-order valence-electron chi connectivity index (χ4n) is 1.42. The minimum Gasteiger partial charge on any atom is -0.397 e. The molecular formula is C12H19ClN2O. The molecule has 1 aromatic carbocycles. The lowest BCUT2D eigenvalue weighted by Gasteiger charge is -2.25. The highest BCUT2D eigenvalue weighted by atomic mass is 35.5. The lowest BCUT2D eigenvalue weighted by Crippen LogP contribution is -2.24. The van der Waals surface area contributed by atoms with Crippen molar-refractivity contribution in [3.63, 3.8) is 0 Å². The highest BCUT2D eigenvalue weighted by molar-refractivity contribution is 6.31. The monoisotopic (exact) mass is 242 g/mol. The first-order chi connectivity index (χ1) is 7.44. The highest BCUT2D eigenvalue weighted by Gasteiger charge is 2.17. The Labute approximate surface area is 102 Å². The van der Waals surface area contributed by atoms with E-state index in [-0.39, 0.29) is 12.0 Å². The molecule has 3 nitrogen and oxygen atoms in total. The summed E-state index contributed by atoms with van der Waals surface area (Å²) in [7, 11) is 0. The second-order valence-electron chi connectivity index (χ2n) is 4.72. The van der Waals surface area contributed by atoms with Crippen LogP contribution in [0.2, 0.25) is 5.02 Å². The average molecular weight is 243 g/mol. The Morgan fingerprint density at radius 1 is 1.44 bits per heavy atom. The van der Waals surface area contributed by atoms with Crippen LogP contribution >= 0.6 is 11.6 Å². The second kappa shape index (κ2) is 5.41. The Morgan fingerprint density at radius 2 is 2.12 bits per heavy atom. The molecule has 1 aromatic rings. The van der Waals surface area contributed by atoms with Gasteiger partial charge in [-0.2, -0.15) is 0 Å². The zero-order valence-electron chi connectivity index (χ0n) is 9.76. The minimum absolute atomic E-state index is 0.0425. The van der Waals surface area contributed by atoms with E-state index in [4.69, 9.17) is 22.4 Å². The molecule has 0 amide bonds. The Hall–Kier alpha value is -0.930. The summed E-state index contributed by atoms with van der Waals surface area (Å²) in [6, 6.07) is 5.40. The van der Waals surface area contributed by atoms with E-state index in [1.54, 1.807) is 12.1 Å². The molecule has 0 spiro atoms. The molecule has 0 saturated carbocycles. The highest BCUT2D eigenvalue weighted by Crippen LogP contribution is 2.25. The first-order valence-corrected chi connectivity index (χ1v) is 5.72. The van der Waals surface area contributed by atoms with Gasteiger partial charge in [0.15, 0.2) is 0 Å². The summed E-state index contributed by atoms with van der Waals surface area (Å²) in [5.74, 6) is 0. The third kappa shape index (κ3) is 3.91. The summed E-state index contributed by atoms with van der Waals surface area (Å²) < 4.78 is 0. The SMILES string of the molecule is CC(C)(CCO)CNc1ccc(Cl)cc1N. The van der Waals surface area contributed by atoms with Crippen LogP contribution in [0.3, 0.4) is 0 Å². The third-order valence-electron chi connectivity index (χ3n) is 2.56. The molecule has 0 aliphatic heterocycles. The molecule has 16 heavy (non-hydrogen) atoms. The summed E-state index contributed by atoms with van der Waals surface area (Å²) in [5.41, 5.74) is 7.40. The van der Waals surface area contributed by atoms with Crippen LogP contribution in [0.4, 0.5) is 11.4 Å². The number of rotatable bonds is 5. The Kier molecular flexibility index (Phi) is 4.44. The van der Waals surface area contributed by atoms with Crippen molar-refractivity contribution < 1.29 is 5.11 Å². The van der Waals surface area contributed by atoms with Gasteiger partial charge in [-0.15, -0.1) is 0 Å². The summed E-state index contributed by atoms with van der Waals surface area (Å²) in [5, 5.41) is 12.8. The molecule has 90 valence electrons. The first kappa shape index (κ1) is 13.1. The number of aliphatic hydroxyl groups is 1. The number of hydrogen-bond acceptors (Lipinski definition) is 3. The van der Waals surface area contributed by atoms with Crippen molar-refractivity contribution in [3.05, 3.63) is 23.2 Å². The van der Waals surface area contributed by atoms with Gasteiger partial charge in [-0.3, -0.25) is 0 Å². The van der Waals surface area contributed by atoms with E-state index in [0.717, 1.165) is 18.7 Å². The van der Waals surface area contributed by atoms with Crippen LogP contribution < -0.4 is 11.1 Å². The summed E-state index contributed by atoms with van der Waals surface area (Å²) in [6.07, 6.45) is 0.757. The topological polar surface area (TPSA) is 58.3 Å². The fraction of sp³-hybridized carbons (Fsp3) is 0.500. The molecule has 0 unspecified atom stereocenters. The average Bonchev–Trinajstić information content (AvgIpc) is 2.16. The second-order valence-corrected chi connectivity index (χ2v) is 5.16. The zero-order chi connectivity index (χ0) is 12.2. The number of hydrogen-bond donors (Lipinski definition) is 3. The Morgan fingerprint density at radius 3 is 2.69 bits per heavy atom. The molecule has 0 aromatic heterocycles. The van der Waals surface area contributed by atoms with Crippen LogP contribution in [0, 0.1) is 5.41 Å². The van der Waals surface area contributed by atoms with Gasteiger partial charge in [0.1, 0.15) is 0 Å². The van der Waals surface area contributed by atoms with Crippen molar-refractivity contribution in [2.24, 2.45) is 5.41 Å². The van der Waals surface area contributed by atoms with Crippen LogP contribution in [-0.4, -0.2) is 18.3 Å². The van der Waals surface area contributed by atoms with E-state index in [1.165, 1.54) is 0 Å². The van der Waals surface area contributed by atoms with Crippen LogP contribution in [0.5, 0.6) is 0 Å². The third-order valence-corrected chi connectivity index (χ3v) is 2.79. The molecule has 0 heterocycles. The van der Waals surface area contributed by atoms with Crippen molar-refractivity contribution in [2.45, 2.75) is 20.3 Å². The maximum absolute atomic E-state index is 8.92. The Bertz CT molecular complexity index is 353. The van der Waals surface area contributed by atoms with Gasteiger partial charge >= 0.3 is 0 Å². The number of benzene rings is 1. The minimum atomic E-state index is 0.0425. The summed E-state index contributed by atoms with van der Waals surface area (Å²) in [4.78, 5) is 0. The normalized spacial score (nSPS) is 11.5. The van der Waals surface area contributed by atoms with Crippen LogP contribution in [0.15, 0.2) is 18.2 Å². The van der Waals surface area contributed by atoms with Gasteiger partial charge in [-0.25, -0.2) is 0 Å². The van der Waals surface area contributed by atoms with Gasteiger partial charge in [0.2, 0.25) is 0 Å². The number of anilines is 2. The fourth-order valence-corrected chi connectivity index (χ4v) is 1.60. The number of nitrogen functional groups attached to an aromatic ring is 1. The van der Waals surface area contributed by atoms with Crippen molar-refractivity contribution >= 4 is 23.0 Å². The van der Waals surface area contributed by atoms with E-state index in [9.17, 15) is 0 Å². The molecule has 0 aliphatic rings. The molecule has 1 rings (SSSR count). The number of aliphatic hydroxyl groups excluding tert-OH is 1. The largest absolute Gasteiger partial charge is 0.397 e. The molecule has 0 radical (unpaired) electrons. The van der Waals surface area contributed by atoms with Crippen molar-refractivity contribution in [3.8, 4) is 0 Å². The smallest absolute Gasteiger partial charge is 0.0575 e. The predicted molar refractivity (Wildman–Crippen MR) is 69.8 cm³/mol. The molecule has 4 N–H and O–H groups in total. The lowest BCUT2D eigenvalue weighted by atomic mass is 9.89. The zero-order valence-corrected chi connectivity index (χ0v) is 10.5. The van der Waals surface area contributed by atoms with Gasteiger partial charge in [0.25, 0.3) is 0 Å². The summed E-state index contributed by atoms with van der Waals surface area (Å²) >= 11 is 5.82. The Balaban J connectivity index is 2.61. The molecule has 0 fully saturated rings. The first-order valence-electron chi connectivity index (χ1n) is 5.34. The van der Waals surface area contributed by atoms with Gasteiger partial charge in [0.05, 0.1) is 11.4 Å². The maximum atomic E-state index is 8.92. The van der Waals surface area contributed by atoms with Gasteiger partial charge < -0.3 is 16.2 Å². The van der Waals surface area contributed by atoms with E-state index in [1.807, 2.05) is 6.07 Å². The number of halogens is 1. The van der Waals surface area contributed by atoms with Gasteiger partial charge in [0, 0.05) is 18.2 Å². The van der Waals surface area contributed by atoms with Crippen LogP contribution in [0.1, 0.15) is 20.3 Å². The number of nitrogens with one attached hydrogen (secondary N) is 1. The van der Waals surface area contributed by atoms with Crippen LogP contribution in [0.25, 0.3) is 0 Å². The molecule has 0 saturated heterocycles. The quantitative estimate of drug-likeness (QED) is 0.696. The van der Waals surface area contributed by atoms with Crippen molar-refractivity contribution in [1.29, 1.82) is 0 Å². The van der Waals surface area contributed by atoms with Crippen LogP contribution in [-0.2, 0) is 0 Å². The van der Waals surface area contributed by atoms with Crippen molar-refractivity contribution in [1.82, 2.24) is 0 Å². The maximum Gasteiger partial charge on any atom is 0.0575 e. The molecular weight excluding hydrogens is 224 g/mol. The van der Waals surface area contributed by atoms with Gasteiger partial charge in [-0.05, 0) is 30.0 Å². The predicted octanol–water partition coefficient (Wildman–Crippen LogP) is 2.74. The van der Waals surface area contributed by atoms with E-state index in [0.29, 0.717) is 10.7 Å². The van der Waals surface area contributed by atoms with E-state index in [2.05, 4.69) is 19.2 Å². The number of nitrogens with two attached hydrogens (primary N) is 1. The van der Waals surface area contributed by atoms with E-state index < -0.39 is 0 Å².